The Morgan fingerprint density at radius 2 is 1.41 bits per heavy atom. The molecule has 170 valence electrons. The van der Waals surface area contributed by atoms with Crippen molar-refractivity contribution >= 4 is 0 Å². The second kappa shape index (κ2) is 8.86. The molecule has 0 N–H and O–H groups in total. The molecule has 3 aliphatic rings. The summed E-state index contributed by atoms with van der Waals surface area (Å²) in [6.45, 7) is 20.6. The molecule has 0 nitrogen and oxygen atoms in total. The Balaban J connectivity index is 1.76. The molecule has 29 heavy (non-hydrogen) atoms. The maximum atomic E-state index is 2.74. The van der Waals surface area contributed by atoms with Crippen LogP contribution in [0.15, 0.2) is 0 Å². The van der Waals surface area contributed by atoms with E-state index in [4.69, 9.17) is 0 Å². The van der Waals surface area contributed by atoms with Crippen molar-refractivity contribution < 1.29 is 0 Å². The minimum absolute atomic E-state index is 0.565. The standard InChI is InChI=1S/C29H54/c1-9-24-25(27(6)17-13-22(4)14-18-27)15-20-29(8)26(24)16-19-28(29,7)23(5)12-10-11-21(2)3/h21-26H,9-20H2,1-8H3/t22?,23-,24?,25?,26?,27?,28-,29+/m1/s1. The van der Waals surface area contributed by atoms with Gasteiger partial charge in [-0.25, -0.2) is 0 Å². The Kier molecular flexibility index (Phi) is 7.23. The molecule has 0 aliphatic heterocycles. The van der Waals surface area contributed by atoms with Gasteiger partial charge in [0.15, 0.2) is 0 Å². The first-order valence-electron chi connectivity index (χ1n) is 13.6. The highest BCUT2D eigenvalue weighted by Gasteiger charge is 2.61. The van der Waals surface area contributed by atoms with Gasteiger partial charge in [-0.2, -0.15) is 0 Å². The third-order valence-corrected chi connectivity index (χ3v) is 11.4. The molecule has 0 heteroatoms. The van der Waals surface area contributed by atoms with Crippen molar-refractivity contribution in [3.05, 3.63) is 0 Å². The van der Waals surface area contributed by atoms with E-state index in [0.717, 1.165) is 35.5 Å². The van der Waals surface area contributed by atoms with Gasteiger partial charge in [0.2, 0.25) is 0 Å². The molecule has 0 aromatic carbocycles. The summed E-state index contributed by atoms with van der Waals surface area (Å²) in [6.07, 6.45) is 17.7. The van der Waals surface area contributed by atoms with Crippen molar-refractivity contribution in [1.29, 1.82) is 0 Å². The van der Waals surface area contributed by atoms with Crippen LogP contribution in [0, 0.1) is 51.8 Å². The highest BCUT2D eigenvalue weighted by Crippen LogP contribution is 2.70. The fourth-order valence-corrected chi connectivity index (χ4v) is 8.78. The first-order chi connectivity index (χ1) is 13.6. The summed E-state index contributed by atoms with van der Waals surface area (Å²) in [7, 11) is 0. The Morgan fingerprint density at radius 3 is 2.00 bits per heavy atom. The van der Waals surface area contributed by atoms with Gasteiger partial charge in [-0.15, -0.1) is 0 Å². The van der Waals surface area contributed by atoms with Gasteiger partial charge in [0.05, 0.1) is 0 Å². The zero-order chi connectivity index (χ0) is 21.4. The van der Waals surface area contributed by atoms with E-state index in [-0.39, 0.29) is 0 Å². The molecule has 0 bridgehead atoms. The molecule has 0 amide bonds. The van der Waals surface area contributed by atoms with Gasteiger partial charge in [0.1, 0.15) is 0 Å². The van der Waals surface area contributed by atoms with Crippen LogP contribution in [0.3, 0.4) is 0 Å². The molecule has 0 radical (unpaired) electrons. The van der Waals surface area contributed by atoms with Gasteiger partial charge < -0.3 is 0 Å². The monoisotopic (exact) mass is 402 g/mol. The lowest BCUT2D eigenvalue weighted by atomic mass is 9.46. The Morgan fingerprint density at radius 1 is 0.793 bits per heavy atom. The smallest absolute Gasteiger partial charge is 0.0238 e. The van der Waals surface area contributed by atoms with Crippen LogP contribution in [-0.4, -0.2) is 0 Å². The molecule has 3 rings (SSSR count). The quantitative estimate of drug-likeness (QED) is 0.397. The van der Waals surface area contributed by atoms with Gasteiger partial charge in [-0.1, -0.05) is 93.9 Å². The van der Waals surface area contributed by atoms with E-state index in [1.54, 1.807) is 0 Å². The third-order valence-electron chi connectivity index (χ3n) is 11.4. The summed E-state index contributed by atoms with van der Waals surface area (Å²) in [5, 5.41) is 0. The van der Waals surface area contributed by atoms with E-state index in [2.05, 4.69) is 55.4 Å². The number of fused-ring (bicyclic) bond motifs is 1. The summed E-state index contributed by atoms with van der Waals surface area (Å²) < 4.78 is 0. The highest BCUT2D eigenvalue weighted by molar-refractivity contribution is 5.10. The van der Waals surface area contributed by atoms with Gasteiger partial charge in [0, 0.05) is 0 Å². The van der Waals surface area contributed by atoms with Gasteiger partial charge in [0.25, 0.3) is 0 Å². The lowest BCUT2D eigenvalue weighted by Crippen LogP contribution is -2.51. The highest BCUT2D eigenvalue weighted by atomic mass is 14.7. The van der Waals surface area contributed by atoms with Crippen molar-refractivity contribution in [1.82, 2.24) is 0 Å². The molecule has 0 heterocycles. The maximum absolute atomic E-state index is 2.74. The fraction of sp³-hybridized carbons (Fsp3) is 1.00. The van der Waals surface area contributed by atoms with Crippen LogP contribution in [0.2, 0.25) is 0 Å². The van der Waals surface area contributed by atoms with Crippen LogP contribution in [0.4, 0.5) is 0 Å². The van der Waals surface area contributed by atoms with Crippen LogP contribution in [0.5, 0.6) is 0 Å². The molecule has 0 saturated heterocycles. The number of hydrogen-bond acceptors (Lipinski definition) is 0. The van der Waals surface area contributed by atoms with E-state index in [1.807, 2.05) is 0 Å². The van der Waals surface area contributed by atoms with Crippen molar-refractivity contribution in [2.24, 2.45) is 51.8 Å². The summed E-state index contributed by atoms with van der Waals surface area (Å²) in [4.78, 5) is 0. The minimum Gasteiger partial charge on any atom is -0.0651 e. The van der Waals surface area contributed by atoms with Crippen molar-refractivity contribution in [3.8, 4) is 0 Å². The maximum Gasteiger partial charge on any atom is -0.0238 e. The first kappa shape index (κ1) is 23.7. The molecule has 3 unspecified atom stereocenters. The minimum atomic E-state index is 0.565. The van der Waals surface area contributed by atoms with E-state index >= 15 is 0 Å². The second-order valence-electron chi connectivity index (χ2n) is 13.3. The average Bonchev–Trinajstić information content (AvgIpc) is 2.95. The predicted molar refractivity (Wildman–Crippen MR) is 129 cm³/mol. The SMILES string of the molecule is CCC1C(C2(C)CCC(C)CC2)CC[C@@]2(C)C1CC[C@]2(C)[C@H](C)CCCC(C)C. The van der Waals surface area contributed by atoms with Crippen LogP contribution >= 0.6 is 0 Å². The van der Waals surface area contributed by atoms with Gasteiger partial charge in [-0.05, 0) is 90.3 Å². The van der Waals surface area contributed by atoms with Crippen molar-refractivity contribution in [3.63, 3.8) is 0 Å². The largest absolute Gasteiger partial charge is 0.0651 e. The number of rotatable bonds is 7. The van der Waals surface area contributed by atoms with Crippen LogP contribution in [0.25, 0.3) is 0 Å². The summed E-state index contributed by atoms with van der Waals surface area (Å²) >= 11 is 0. The zero-order valence-corrected chi connectivity index (χ0v) is 21.4. The van der Waals surface area contributed by atoms with Gasteiger partial charge in [-0.3, -0.25) is 0 Å². The zero-order valence-electron chi connectivity index (χ0n) is 21.4. The Bertz CT molecular complexity index is 524. The Hall–Kier alpha value is 0. The van der Waals surface area contributed by atoms with E-state index in [1.165, 1.54) is 77.0 Å². The summed E-state index contributed by atoms with van der Waals surface area (Å²) in [5.74, 6) is 5.68. The van der Waals surface area contributed by atoms with Gasteiger partial charge >= 0.3 is 0 Å². The molecule has 3 fully saturated rings. The number of hydrogen-bond donors (Lipinski definition) is 0. The average molecular weight is 403 g/mol. The summed E-state index contributed by atoms with van der Waals surface area (Å²) in [5.41, 5.74) is 1.78. The van der Waals surface area contributed by atoms with E-state index < -0.39 is 0 Å². The van der Waals surface area contributed by atoms with E-state index in [0.29, 0.717) is 16.2 Å². The molecule has 0 aromatic heterocycles. The third kappa shape index (κ3) is 4.22. The molecule has 3 saturated carbocycles. The Labute approximate surface area is 184 Å². The van der Waals surface area contributed by atoms with Crippen LogP contribution < -0.4 is 0 Å². The predicted octanol–water partition coefficient (Wildman–Crippen LogP) is 9.52. The normalized spacial score (nSPS) is 46.7. The lowest BCUT2D eigenvalue weighted by Gasteiger charge is -2.58. The molecule has 3 aliphatic carbocycles. The van der Waals surface area contributed by atoms with Crippen molar-refractivity contribution in [2.75, 3.05) is 0 Å². The topological polar surface area (TPSA) is 0 Å². The lowest BCUT2D eigenvalue weighted by molar-refractivity contribution is -0.0939. The van der Waals surface area contributed by atoms with Crippen molar-refractivity contribution in [2.45, 2.75) is 132 Å². The molecular weight excluding hydrogens is 348 g/mol. The molecule has 6 atom stereocenters. The van der Waals surface area contributed by atoms with Crippen LogP contribution in [0.1, 0.15) is 132 Å². The molecular formula is C29H54. The first-order valence-corrected chi connectivity index (χ1v) is 13.6. The van der Waals surface area contributed by atoms with Crippen LogP contribution in [-0.2, 0) is 0 Å². The van der Waals surface area contributed by atoms with E-state index in [9.17, 15) is 0 Å². The summed E-state index contributed by atoms with van der Waals surface area (Å²) in [6, 6.07) is 0. The fourth-order valence-electron chi connectivity index (χ4n) is 8.78. The second-order valence-corrected chi connectivity index (χ2v) is 13.3. The molecule has 0 aromatic rings. The molecule has 0 spiro atoms.